The molecule has 6 heteroatoms. The summed E-state index contributed by atoms with van der Waals surface area (Å²) in [5.41, 5.74) is 6.12. The van der Waals surface area contributed by atoms with Gasteiger partial charge in [-0.05, 0) is 37.1 Å². The van der Waals surface area contributed by atoms with Crippen LogP contribution in [0.3, 0.4) is 0 Å². The molecule has 0 unspecified atom stereocenters. The van der Waals surface area contributed by atoms with Crippen molar-refractivity contribution in [1.29, 1.82) is 0 Å². The average Bonchev–Trinajstić information content (AvgIpc) is 2.46. The van der Waals surface area contributed by atoms with Crippen LogP contribution in [0.15, 0.2) is 29.4 Å². The van der Waals surface area contributed by atoms with Crippen LogP contribution in [0.1, 0.15) is 23.2 Å². The Bertz CT molecular complexity index is 476. The highest BCUT2D eigenvalue weighted by Gasteiger charge is 2.25. The number of carbonyl (C=O) groups is 1. The van der Waals surface area contributed by atoms with Crippen molar-refractivity contribution in [2.75, 3.05) is 13.1 Å². The smallest absolute Gasteiger partial charge is 0.253 e. The number of hydrogen-bond donors (Lipinski definition) is 3. The number of phenols is 1. The van der Waals surface area contributed by atoms with E-state index in [4.69, 9.17) is 10.9 Å². The fourth-order valence-electron chi connectivity index (χ4n) is 2.25. The second-order valence-electron chi connectivity index (χ2n) is 4.64. The molecule has 6 nitrogen and oxygen atoms in total. The third kappa shape index (κ3) is 2.96. The van der Waals surface area contributed by atoms with Crippen molar-refractivity contribution in [3.8, 4) is 5.75 Å². The molecule has 0 aromatic heterocycles. The highest BCUT2D eigenvalue weighted by molar-refractivity contribution is 5.94. The first kappa shape index (κ1) is 13.2. The van der Waals surface area contributed by atoms with Gasteiger partial charge in [0.1, 0.15) is 11.6 Å². The van der Waals surface area contributed by atoms with E-state index < -0.39 is 0 Å². The lowest BCUT2D eigenvalue weighted by Gasteiger charge is -2.31. The predicted octanol–water partition coefficient (Wildman–Crippen LogP) is 0.991. The van der Waals surface area contributed by atoms with Crippen molar-refractivity contribution in [2.45, 2.75) is 12.8 Å². The first-order chi connectivity index (χ1) is 9.11. The maximum absolute atomic E-state index is 12.2. The van der Waals surface area contributed by atoms with Crippen LogP contribution in [0.2, 0.25) is 0 Å². The molecule has 0 aliphatic carbocycles. The molecule has 1 aliphatic rings. The Morgan fingerprint density at radius 3 is 2.37 bits per heavy atom. The van der Waals surface area contributed by atoms with Gasteiger partial charge in [0.05, 0.1) is 0 Å². The number of carbonyl (C=O) groups excluding carboxylic acids is 1. The van der Waals surface area contributed by atoms with Gasteiger partial charge in [-0.25, -0.2) is 0 Å². The van der Waals surface area contributed by atoms with Gasteiger partial charge in [-0.15, -0.1) is 0 Å². The molecule has 0 atom stereocenters. The quantitative estimate of drug-likeness (QED) is 0.320. The fraction of sp³-hybridized carbons (Fsp3) is 0.385. The summed E-state index contributed by atoms with van der Waals surface area (Å²) >= 11 is 0. The molecule has 0 radical (unpaired) electrons. The maximum atomic E-state index is 12.2. The highest BCUT2D eigenvalue weighted by atomic mass is 16.4. The largest absolute Gasteiger partial charge is 0.508 e. The number of aromatic hydroxyl groups is 1. The Balaban J connectivity index is 1.98. The number of rotatable bonds is 2. The van der Waals surface area contributed by atoms with E-state index in [-0.39, 0.29) is 23.4 Å². The zero-order valence-corrected chi connectivity index (χ0v) is 10.5. The molecule has 0 spiro atoms. The van der Waals surface area contributed by atoms with Crippen LogP contribution in [0.25, 0.3) is 0 Å². The summed E-state index contributed by atoms with van der Waals surface area (Å²) in [7, 11) is 0. The highest BCUT2D eigenvalue weighted by Crippen LogP contribution is 2.20. The van der Waals surface area contributed by atoms with Gasteiger partial charge >= 0.3 is 0 Å². The number of amidine groups is 1. The molecular weight excluding hydrogens is 246 g/mol. The summed E-state index contributed by atoms with van der Waals surface area (Å²) in [6.45, 7) is 1.17. The molecule has 1 amide bonds. The number of hydrogen-bond acceptors (Lipinski definition) is 4. The van der Waals surface area contributed by atoms with Crippen LogP contribution in [0, 0.1) is 5.92 Å². The Labute approximate surface area is 111 Å². The molecule has 0 bridgehead atoms. The van der Waals surface area contributed by atoms with Gasteiger partial charge < -0.3 is 20.9 Å². The van der Waals surface area contributed by atoms with E-state index in [0.717, 1.165) is 0 Å². The van der Waals surface area contributed by atoms with Crippen LogP contribution in [0.5, 0.6) is 5.75 Å². The average molecular weight is 263 g/mol. The second-order valence-corrected chi connectivity index (χ2v) is 4.64. The molecule has 102 valence electrons. The summed E-state index contributed by atoms with van der Waals surface area (Å²) < 4.78 is 0. The van der Waals surface area contributed by atoms with Crippen molar-refractivity contribution < 1.29 is 15.1 Å². The van der Waals surface area contributed by atoms with Gasteiger partial charge in [0.25, 0.3) is 5.91 Å². The van der Waals surface area contributed by atoms with Crippen LogP contribution in [0.4, 0.5) is 0 Å². The molecule has 19 heavy (non-hydrogen) atoms. The zero-order valence-electron chi connectivity index (χ0n) is 10.5. The van der Waals surface area contributed by atoms with Gasteiger partial charge in [0.2, 0.25) is 0 Å². The van der Waals surface area contributed by atoms with Crippen LogP contribution in [-0.4, -0.2) is 40.0 Å². The lowest BCUT2D eigenvalue weighted by molar-refractivity contribution is 0.0709. The lowest BCUT2D eigenvalue weighted by atomic mass is 9.95. The number of phenolic OH excluding ortho intramolecular Hbond substituents is 1. The van der Waals surface area contributed by atoms with Crippen molar-refractivity contribution in [3.63, 3.8) is 0 Å². The van der Waals surface area contributed by atoms with E-state index >= 15 is 0 Å². The third-order valence-corrected chi connectivity index (χ3v) is 3.43. The van der Waals surface area contributed by atoms with Crippen molar-refractivity contribution >= 4 is 11.7 Å². The summed E-state index contributed by atoms with van der Waals surface area (Å²) in [6.07, 6.45) is 1.39. The van der Waals surface area contributed by atoms with Crippen molar-refractivity contribution in [1.82, 2.24) is 4.90 Å². The topological polar surface area (TPSA) is 99.2 Å². The van der Waals surface area contributed by atoms with E-state index in [1.807, 2.05) is 0 Å². The number of amides is 1. The monoisotopic (exact) mass is 263 g/mol. The van der Waals surface area contributed by atoms with E-state index in [0.29, 0.717) is 31.5 Å². The molecular formula is C13H17N3O3. The molecule has 4 N–H and O–H groups in total. The Morgan fingerprint density at radius 1 is 1.26 bits per heavy atom. The van der Waals surface area contributed by atoms with Crippen molar-refractivity contribution in [3.05, 3.63) is 29.8 Å². The Morgan fingerprint density at radius 2 is 1.84 bits per heavy atom. The first-order valence-electron chi connectivity index (χ1n) is 6.17. The van der Waals surface area contributed by atoms with Crippen LogP contribution in [-0.2, 0) is 0 Å². The number of nitrogens with zero attached hydrogens (tertiary/aromatic N) is 2. The molecule has 1 saturated heterocycles. The Kier molecular flexibility index (Phi) is 3.89. The van der Waals surface area contributed by atoms with Gasteiger partial charge in [0, 0.05) is 24.6 Å². The fourth-order valence-corrected chi connectivity index (χ4v) is 2.25. The molecule has 1 fully saturated rings. The van der Waals surface area contributed by atoms with Crippen molar-refractivity contribution in [2.24, 2.45) is 16.8 Å². The van der Waals surface area contributed by atoms with Crippen LogP contribution < -0.4 is 5.73 Å². The van der Waals surface area contributed by atoms with Gasteiger partial charge in [-0.2, -0.15) is 0 Å². The molecule has 1 aromatic rings. The van der Waals surface area contributed by atoms with Gasteiger partial charge in [0.15, 0.2) is 0 Å². The normalized spacial score (nSPS) is 17.5. The number of benzene rings is 1. The molecule has 1 aliphatic heterocycles. The second kappa shape index (κ2) is 5.60. The van der Waals surface area contributed by atoms with E-state index in [2.05, 4.69) is 5.16 Å². The molecule has 1 heterocycles. The SMILES string of the molecule is NC(=NO)C1CCN(C(=O)c2ccc(O)cc2)CC1. The van der Waals surface area contributed by atoms with E-state index in [1.54, 1.807) is 17.0 Å². The zero-order chi connectivity index (χ0) is 13.8. The van der Waals surface area contributed by atoms with Gasteiger partial charge in [-0.1, -0.05) is 5.16 Å². The maximum Gasteiger partial charge on any atom is 0.253 e. The number of nitrogens with two attached hydrogens (primary N) is 1. The van der Waals surface area contributed by atoms with E-state index in [9.17, 15) is 9.90 Å². The van der Waals surface area contributed by atoms with Crippen LogP contribution >= 0.6 is 0 Å². The summed E-state index contributed by atoms with van der Waals surface area (Å²) in [5.74, 6) is 0.353. The minimum absolute atomic E-state index is 0.0360. The first-order valence-corrected chi connectivity index (χ1v) is 6.17. The Hall–Kier alpha value is -2.24. The predicted molar refractivity (Wildman–Crippen MR) is 70.1 cm³/mol. The lowest BCUT2D eigenvalue weighted by Crippen LogP contribution is -2.41. The summed E-state index contributed by atoms with van der Waals surface area (Å²) in [5, 5.41) is 20.8. The molecule has 1 aromatic carbocycles. The number of piperidine rings is 1. The standard InChI is InChI=1S/C13H17N3O3/c14-12(15-19)9-5-7-16(8-6-9)13(18)10-1-3-11(17)4-2-10/h1-4,9,17,19H,5-8H2,(H2,14,15). The minimum Gasteiger partial charge on any atom is -0.508 e. The number of likely N-dealkylation sites (tertiary alicyclic amines) is 1. The molecule has 0 saturated carbocycles. The summed E-state index contributed by atoms with van der Waals surface area (Å²) in [6, 6.07) is 6.20. The molecule has 2 rings (SSSR count). The summed E-state index contributed by atoms with van der Waals surface area (Å²) in [4.78, 5) is 13.9. The minimum atomic E-state index is -0.0574. The number of oxime groups is 1. The van der Waals surface area contributed by atoms with Gasteiger partial charge in [-0.3, -0.25) is 4.79 Å². The van der Waals surface area contributed by atoms with E-state index in [1.165, 1.54) is 12.1 Å². The third-order valence-electron chi connectivity index (χ3n) is 3.43.